The SMILES string of the molecule is CCCOc1ccc(-c2cc(-c3cccc(N)c3)n[nH]2)cc1. The summed E-state index contributed by atoms with van der Waals surface area (Å²) in [5.74, 6) is 0.890. The Morgan fingerprint density at radius 2 is 1.86 bits per heavy atom. The molecule has 4 heteroatoms. The van der Waals surface area contributed by atoms with Crippen LogP contribution in [0.25, 0.3) is 22.5 Å². The molecule has 0 radical (unpaired) electrons. The van der Waals surface area contributed by atoms with Gasteiger partial charge in [0.05, 0.1) is 18.0 Å². The van der Waals surface area contributed by atoms with Crippen molar-refractivity contribution in [2.45, 2.75) is 13.3 Å². The molecule has 0 amide bonds. The third-order valence-corrected chi connectivity index (χ3v) is 3.40. The number of anilines is 1. The highest BCUT2D eigenvalue weighted by atomic mass is 16.5. The molecule has 0 aliphatic heterocycles. The molecule has 1 aromatic heterocycles. The van der Waals surface area contributed by atoms with Crippen LogP contribution in [0.4, 0.5) is 5.69 Å². The van der Waals surface area contributed by atoms with Crippen molar-refractivity contribution in [3.05, 3.63) is 54.6 Å². The van der Waals surface area contributed by atoms with Crippen LogP contribution in [0.2, 0.25) is 0 Å². The van der Waals surface area contributed by atoms with Crippen molar-refractivity contribution < 1.29 is 4.74 Å². The molecule has 0 aliphatic rings. The lowest BCUT2D eigenvalue weighted by atomic mass is 10.1. The number of hydrogen-bond donors (Lipinski definition) is 2. The lowest BCUT2D eigenvalue weighted by molar-refractivity contribution is 0.317. The third kappa shape index (κ3) is 3.11. The largest absolute Gasteiger partial charge is 0.494 e. The normalized spacial score (nSPS) is 10.6. The van der Waals surface area contributed by atoms with Gasteiger partial charge in [-0.2, -0.15) is 5.10 Å². The molecule has 3 rings (SSSR count). The van der Waals surface area contributed by atoms with Crippen LogP contribution in [0.5, 0.6) is 5.75 Å². The molecule has 3 N–H and O–H groups in total. The summed E-state index contributed by atoms with van der Waals surface area (Å²) >= 11 is 0. The van der Waals surface area contributed by atoms with Crippen molar-refractivity contribution in [2.75, 3.05) is 12.3 Å². The first kappa shape index (κ1) is 14.2. The summed E-state index contributed by atoms with van der Waals surface area (Å²) in [5.41, 5.74) is 10.5. The summed E-state index contributed by atoms with van der Waals surface area (Å²) in [6.07, 6.45) is 1.01. The van der Waals surface area contributed by atoms with E-state index in [4.69, 9.17) is 10.5 Å². The molecule has 22 heavy (non-hydrogen) atoms. The number of nitrogen functional groups attached to an aromatic ring is 1. The Bertz CT molecular complexity index is 747. The fourth-order valence-electron chi connectivity index (χ4n) is 2.27. The van der Waals surface area contributed by atoms with Gasteiger partial charge in [-0.3, -0.25) is 5.10 Å². The van der Waals surface area contributed by atoms with E-state index in [1.807, 2.05) is 54.6 Å². The Kier molecular flexibility index (Phi) is 4.10. The Morgan fingerprint density at radius 3 is 2.59 bits per heavy atom. The molecule has 1 heterocycles. The molecule has 4 nitrogen and oxygen atoms in total. The number of benzene rings is 2. The zero-order valence-electron chi connectivity index (χ0n) is 12.5. The van der Waals surface area contributed by atoms with E-state index in [0.29, 0.717) is 0 Å². The topological polar surface area (TPSA) is 63.9 Å². The first-order valence-corrected chi connectivity index (χ1v) is 7.41. The van der Waals surface area contributed by atoms with Gasteiger partial charge in [-0.15, -0.1) is 0 Å². The van der Waals surface area contributed by atoms with Gasteiger partial charge in [0.25, 0.3) is 0 Å². The van der Waals surface area contributed by atoms with E-state index in [-0.39, 0.29) is 0 Å². The fraction of sp³-hybridized carbons (Fsp3) is 0.167. The highest BCUT2D eigenvalue weighted by Gasteiger charge is 2.06. The van der Waals surface area contributed by atoms with Crippen molar-refractivity contribution >= 4 is 5.69 Å². The highest BCUT2D eigenvalue weighted by molar-refractivity contribution is 5.70. The molecule has 0 spiro atoms. The minimum Gasteiger partial charge on any atom is -0.494 e. The number of nitrogens with one attached hydrogen (secondary N) is 1. The minimum atomic E-state index is 0.736. The van der Waals surface area contributed by atoms with E-state index in [1.54, 1.807) is 0 Å². The fourth-order valence-corrected chi connectivity index (χ4v) is 2.27. The standard InChI is InChI=1S/C18H19N3O/c1-2-10-22-16-8-6-13(7-9-16)17-12-18(21-20-17)14-4-3-5-15(19)11-14/h3-9,11-12H,2,10,19H2,1H3,(H,20,21). The number of aromatic nitrogens is 2. The maximum atomic E-state index is 5.82. The van der Waals surface area contributed by atoms with Gasteiger partial charge in [-0.05, 0) is 54.4 Å². The summed E-state index contributed by atoms with van der Waals surface area (Å²) in [7, 11) is 0. The Labute approximate surface area is 129 Å². The molecule has 2 aromatic carbocycles. The maximum Gasteiger partial charge on any atom is 0.119 e. The average molecular weight is 293 g/mol. The number of nitrogens with two attached hydrogens (primary N) is 1. The van der Waals surface area contributed by atoms with Gasteiger partial charge >= 0.3 is 0 Å². The molecule has 0 bridgehead atoms. The number of aromatic amines is 1. The second-order valence-corrected chi connectivity index (χ2v) is 5.17. The molecule has 0 unspecified atom stereocenters. The van der Waals surface area contributed by atoms with Gasteiger partial charge in [0.2, 0.25) is 0 Å². The molecular weight excluding hydrogens is 274 g/mol. The number of hydrogen-bond acceptors (Lipinski definition) is 3. The molecule has 0 saturated carbocycles. The first-order valence-electron chi connectivity index (χ1n) is 7.41. The summed E-state index contributed by atoms with van der Waals surface area (Å²) in [5, 5.41) is 7.44. The van der Waals surface area contributed by atoms with E-state index in [9.17, 15) is 0 Å². The van der Waals surface area contributed by atoms with E-state index >= 15 is 0 Å². The Hall–Kier alpha value is -2.75. The van der Waals surface area contributed by atoms with Crippen molar-refractivity contribution in [2.24, 2.45) is 0 Å². The van der Waals surface area contributed by atoms with Gasteiger partial charge in [-0.1, -0.05) is 19.1 Å². The number of H-pyrrole nitrogens is 1. The predicted molar refractivity (Wildman–Crippen MR) is 89.7 cm³/mol. The highest BCUT2D eigenvalue weighted by Crippen LogP contribution is 2.26. The lowest BCUT2D eigenvalue weighted by Gasteiger charge is -2.04. The van der Waals surface area contributed by atoms with Crippen LogP contribution in [-0.2, 0) is 0 Å². The number of nitrogens with zero attached hydrogens (tertiary/aromatic N) is 1. The van der Waals surface area contributed by atoms with Gasteiger partial charge in [0.1, 0.15) is 5.75 Å². The van der Waals surface area contributed by atoms with Gasteiger partial charge in [0.15, 0.2) is 0 Å². The number of rotatable bonds is 5. The monoisotopic (exact) mass is 293 g/mol. The second kappa shape index (κ2) is 6.35. The maximum absolute atomic E-state index is 5.82. The molecule has 0 fully saturated rings. The summed E-state index contributed by atoms with van der Waals surface area (Å²) in [6, 6.07) is 17.8. The first-order chi connectivity index (χ1) is 10.8. The smallest absolute Gasteiger partial charge is 0.119 e. The third-order valence-electron chi connectivity index (χ3n) is 3.40. The van der Waals surface area contributed by atoms with Crippen LogP contribution in [0.15, 0.2) is 54.6 Å². The van der Waals surface area contributed by atoms with Crippen LogP contribution >= 0.6 is 0 Å². The van der Waals surface area contributed by atoms with Crippen molar-refractivity contribution in [3.63, 3.8) is 0 Å². The Balaban J connectivity index is 1.81. The van der Waals surface area contributed by atoms with Gasteiger partial charge < -0.3 is 10.5 Å². The van der Waals surface area contributed by atoms with E-state index in [1.165, 1.54) is 0 Å². The zero-order valence-corrected chi connectivity index (χ0v) is 12.5. The molecule has 0 aliphatic carbocycles. The predicted octanol–water partition coefficient (Wildman–Crippen LogP) is 4.11. The van der Waals surface area contributed by atoms with Crippen molar-refractivity contribution in [3.8, 4) is 28.3 Å². The molecule has 112 valence electrons. The van der Waals surface area contributed by atoms with Crippen LogP contribution in [-0.4, -0.2) is 16.8 Å². The van der Waals surface area contributed by atoms with Crippen molar-refractivity contribution in [1.82, 2.24) is 10.2 Å². The Morgan fingerprint density at radius 1 is 1.05 bits per heavy atom. The molecular formula is C18H19N3O. The van der Waals surface area contributed by atoms with Crippen LogP contribution in [0.1, 0.15) is 13.3 Å². The van der Waals surface area contributed by atoms with Crippen molar-refractivity contribution in [1.29, 1.82) is 0 Å². The van der Waals surface area contributed by atoms with Crippen LogP contribution in [0, 0.1) is 0 Å². The lowest BCUT2D eigenvalue weighted by Crippen LogP contribution is -1.94. The van der Waals surface area contributed by atoms with E-state index < -0.39 is 0 Å². The van der Waals surface area contributed by atoms with Crippen LogP contribution < -0.4 is 10.5 Å². The molecule has 0 saturated heterocycles. The summed E-state index contributed by atoms with van der Waals surface area (Å²) in [6.45, 7) is 2.83. The quantitative estimate of drug-likeness (QED) is 0.696. The van der Waals surface area contributed by atoms with Gasteiger partial charge in [-0.25, -0.2) is 0 Å². The van der Waals surface area contributed by atoms with E-state index in [2.05, 4.69) is 17.1 Å². The second-order valence-electron chi connectivity index (χ2n) is 5.17. The van der Waals surface area contributed by atoms with Crippen LogP contribution in [0.3, 0.4) is 0 Å². The van der Waals surface area contributed by atoms with Gasteiger partial charge in [0, 0.05) is 11.3 Å². The summed E-state index contributed by atoms with van der Waals surface area (Å²) < 4.78 is 5.59. The zero-order chi connectivity index (χ0) is 15.4. The number of ether oxygens (including phenoxy) is 1. The van der Waals surface area contributed by atoms with E-state index in [0.717, 1.165) is 47.0 Å². The molecule has 3 aromatic rings. The average Bonchev–Trinajstić information content (AvgIpc) is 3.03. The minimum absolute atomic E-state index is 0.736. The molecule has 0 atom stereocenters. The summed E-state index contributed by atoms with van der Waals surface area (Å²) in [4.78, 5) is 0.